The number of nitrogens with zero attached hydrogens (tertiary/aromatic N) is 2. The van der Waals surface area contributed by atoms with Crippen molar-refractivity contribution in [2.75, 3.05) is 11.9 Å². The SMILES string of the molecule is CC(C)(C)c1cc(NC(=O)CCN2C(=O)CCC2=O)n[nH]1. The molecular formula is C14H20N4O3. The van der Waals surface area contributed by atoms with Crippen LogP contribution in [0.15, 0.2) is 6.07 Å². The summed E-state index contributed by atoms with van der Waals surface area (Å²) in [5.41, 5.74) is 0.840. The lowest BCUT2D eigenvalue weighted by Crippen LogP contribution is -2.32. The van der Waals surface area contributed by atoms with Gasteiger partial charge >= 0.3 is 0 Å². The molecular weight excluding hydrogens is 272 g/mol. The zero-order valence-corrected chi connectivity index (χ0v) is 12.5. The lowest BCUT2D eigenvalue weighted by Gasteiger charge is -2.14. The minimum atomic E-state index is -0.269. The molecule has 114 valence electrons. The molecule has 2 N–H and O–H groups in total. The highest BCUT2D eigenvalue weighted by Crippen LogP contribution is 2.22. The van der Waals surface area contributed by atoms with Gasteiger partial charge in [0.15, 0.2) is 5.82 Å². The number of likely N-dealkylation sites (tertiary alicyclic amines) is 1. The Morgan fingerprint density at radius 2 is 1.95 bits per heavy atom. The number of anilines is 1. The predicted molar refractivity (Wildman–Crippen MR) is 76.5 cm³/mol. The van der Waals surface area contributed by atoms with Crippen molar-refractivity contribution in [2.45, 2.75) is 45.4 Å². The van der Waals surface area contributed by atoms with Crippen molar-refractivity contribution in [1.29, 1.82) is 0 Å². The summed E-state index contributed by atoms with van der Waals surface area (Å²) in [6.45, 7) is 6.24. The van der Waals surface area contributed by atoms with Gasteiger partial charge in [0, 0.05) is 43.0 Å². The van der Waals surface area contributed by atoms with Crippen molar-refractivity contribution in [3.8, 4) is 0 Å². The first-order valence-electron chi connectivity index (χ1n) is 6.96. The summed E-state index contributed by atoms with van der Waals surface area (Å²) in [5, 5.41) is 9.56. The fourth-order valence-corrected chi connectivity index (χ4v) is 2.06. The third kappa shape index (κ3) is 3.68. The third-order valence-corrected chi connectivity index (χ3v) is 3.37. The molecule has 0 bridgehead atoms. The van der Waals surface area contributed by atoms with E-state index in [1.807, 2.05) is 20.8 Å². The van der Waals surface area contributed by atoms with E-state index >= 15 is 0 Å². The fourth-order valence-electron chi connectivity index (χ4n) is 2.06. The average molecular weight is 292 g/mol. The number of rotatable bonds is 4. The highest BCUT2D eigenvalue weighted by molar-refractivity contribution is 6.02. The van der Waals surface area contributed by atoms with E-state index in [-0.39, 0.29) is 48.9 Å². The number of amides is 3. The lowest BCUT2D eigenvalue weighted by molar-refractivity contribution is -0.138. The number of aromatic nitrogens is 2. The summed E-state index contributed by atoms with van der Waals surface area (Å²) in [5.74, 6) is -0.233. The predicted octanol–water partition coefficient (Wildman–Crippen LogP) is 1.18. The van der Waals surface area contributed by atoms with E-state index in [0.29, 0.717) is 5.82 Å². The molecule has 2 rings (SSSR count). The topological polar surface area (TPSA) is 95.2 Å². The molecule has 3 amide bonds. The smallest absolute Gasteiger partial charge is 0.229 e. The summed E-state index contributed by atoms with van der Waals surface area (Å²) < 4.78 is 0. The molecule has 21 heavy (non-hydrogen) atoms. The Morgan fingerprint density at radius 3 is 2.48 bits per heavy atom. The van der Waals surface area contributed by atoms with Crippen LogP contribution in [0.2, 0.25) is 0 Å². The molecule has 0 radical (unpaired) electrons. The van der Waals surface area contributed by atoms with Crippen molar-refractivity contribution in [3.63, 3.8) is 0 Å². The molecule has 2 heterocycles. The number of aromatic amines is 1. The van der Waals surface area contributed by atoms with Crippen molar-refractivity contribution in [3.05, 3.63) is 11.8 Å². The maximum atomic E-state index is 11.8. The lowest BCUT2D eigenvalue weighted by atomic mass is 9.92. The Hall–Kier alpha value is -2.18. The van der Waals surface area contributed by atoms with Gasteiger partial charge in [-0.15, -0.1) is 0 Å². The number of carbonyl (C=O) groups is 3. The number of imide groups is 1. The molecule has 1 aromatic rings. The zero-order valence-electron chi connectivity index (χ0n) is 12.5. The van der Waals surface area contributed by atoms with Crippen LogP contribution in [-0.2, 0) is 19.8 Å². The van der Waals surface area contributed by atoms with Crippen LogP contribution < -0.4 is 5.32 Å². The van der Waals surface area contributed by atoms with Gasteiger partial charge in [-0.1, -0.05) is 20.8 Å². The number of H-pyrrole nitrogens is 1. The maximum absolute atomic E-state index is 11.8. The average Bonchev–Trinajstić information content (AvgIpc) is 2.95. The van der Waals surface area contributed by atoms with Crippen molar-refractivity contribution < 1.29 is 14.4 Å². The van der Waals surface area contributed by atoms with Gasteiger partial charge in [-0.3, -0.25) is 24.4 Å². The Balaban J connectivity index is 1.86. The first-order chi connectivity index (χ1) is 9.77. The van der Waals surface area contributed by atoms with Crippen LogP contribution in [0, 0.1) is 0 Å². The molecule has 0 spiro atoms. The molecule has 1 fully saturated rings. The molecule has 1 aromatic heterocycles. The normalized spacial score (nSPS) is 15.7. The summed E-state index contributed by atoms with van der Waals surface area (Å²) >= 11 is 0. The van der Waals surface area contributed by atoms with E-state index in [4.69, 9.17) is 0 Å². The molecule has 7 nitrogen and oxygen atoms in total. The van der Waals surface area contributed by atoms with Gasteiger partial charge in [-0.2, -0.15) is 5.10 Å². The van der Waals surface area contributed by atoms with Crippen LogP contribution in [0.25, 0.3) is 0 Å². The highest BCUT2D eigenvalue weighted by Gasteiger charge is 2.28. The number of nitrogens with one attached hydrogen (secondary N) is 2. The van der Waals surface area contributed by atoms with Crippen LogP contribution in [0.3, 0.4) is 0 Å². The number of hydrogen-bond donors (Lipinski definition) is 2. The van der Waals surface area contributed by atoms with Gasteiger partial charge in [0.05, 0.1) is 0 Å². The largest absolute Gasteiger partial charge is 0.309 e. The quantitative estimate of drug-likeness (QED) is 0.815. The van der Waals surface area contributed by atoms with Crippen molar-refractivity contribution in [1.82, 2.24) is 15.1 Å². The molecule has 0 aliphatic carbocycles. The molecule has 1 saturated heterocycles. The fraction of sp³-hybridized carbons (Fsp3) is 0.571. The van der Waals surface area contributed by atoms with Crippen molar-refractivity contribution in [2.24, 2.45) is 0 Å². The maximum Gasteiger partial charge on any atom is 0.229 e. The van der Waals surface area contributed by atoms with Gasteiger partial charge in [-0.05, 0) is 0 Å². The monoisotopic (exact) mass is 292 g/mol. The second-order valence-electron chi connectivity index (χ2n) is 6.15. The second kappa shape index (κ2) is 5.67. The number of carbonyl (C=O) groups excluding carboxylic acids is 3. The van der Waals surface area contributed by atoms with E-state index in [2.05, 4.69) is 15.5 Å². The van der Waals surface area contributed by atoms with Crippen LogP contribution in [0.4, 0.5) is 5.82 Å². The molecule has 0 saturated carbocycles. The van der Waals surface area contributed by atoms with Crippen molar-refractivity contribution >= 4 is 23.5 Å². The first kappa shape index (κ1) is 15.2. The zero-order chi connectivity index (χ0) is 15.6. The van der Waals surface area contributed by atoms with Gasteiger partial charge in [0.1, 0.15) is 0 Å². The first-order valence-corrected chi connectivity index (χ1v) is 6.96. The minimum absolute atomic E-state index is 0.0786. The van der Waals surface area contributed by atoms with Crippen LogP contribution in [-0.4, -0.2) is 39.4 Å². The van der Waals surface area contributed by atoms with Gasteiger partial charge in [-0.25, -0.2) is 0 Å². The highest BCUT2D eigenvalue weighted by atomic mass is 16.2. The summed E-state index contributed by atoms with van der Waals surface area (Å²) in [6.07, 6.45) is 0.568. The second-order valence-corrected chi connectivity index (χ2v) is 6.15. The molecule has 1 aliphatic heterocycles. The standard InChI is InChI=1S/C14H20N4O3/c1-14(2,3)9-8-10(17-16-9)15-11(19)6-7-18-12(20)4-5-13(18)21/h8H,4-7H2,1-3H3,(H2,15,16,17,19). The summed E-state index contributed by atoms with van der Waals surface area (Å²) in [7, 11) is 0. The molecule has 0 unspecified atom stereocenters. The summed E-state index contributed by atoms with van der Waals surface area (Å²) in [6, 6.07) is 1.78. The molecule has 1 aliphatic rings. The van der Waals surface area contributed by atoms with Gasteiger partial charge in [0.2, 0.25) is 17.7 Å². The minimum Gasteiger partial charge on any atom is -0.309 e. The third-order valence-electron chi connectivity index (χ3n) is 3.37. The van der Waals surface area contributed by atoms with Gasteiger partial charge < -0.3 is 5.32 Å². The Kier molecular flexibility index (Phi) is 4.11. The van der Waals surface area contributed by atoms with E-state index in [9.17, 15) is 14.4 Å². The van der Waals surface area contributed by atoms with E-state index in [1.54, 1.807) is 6.07 Å². The molecule has 0 aromatic carbocycles. The number of hydrogen-bond acceptors (Lipinski definition) is 4. The van der Waals surface area contributed by atoms with E-state index in [1.165, 1.54) is 0 Å². The Labute approximate surface area is 123 Å². The van der Waals surface area contributed by atoms with E-state index < -0.39 is 0 Å². The van der Waals surface area contributed by atoms with Crippen LogP contribution >= 0.6 is 0 Å². The molecule has 7 heteroatoms. The van der Waals surface area contributed by atoms with Crippen LogP contribution in [0.5, 0.6) is 0 Å². The Morgan fingerprint density at radius 1 is 1.33 bits per heavy atom. The van der Waals surface area contributed by atoms with Gasteiger partial charge in [0.25, 0.3) is 0 Å². The van der Waals surface area contributed by atoms with E-state index in [0.717, 1.165) is 10.6 Å². The summed E-state index contributed by atoms with van der Waals surface area (Å²) in [4.78, 5) is 35.8. The molecule has 0 atom stereocenters. The van der Waals surface area contributed by atoms with Crippen LogP contribution in [0.1, 0.15) is 45.7 Å². The Bertz CT molecular complexity index is 555.